The summed E-state index contributed by atoms with van der Waals surface area (Å²) in [6.07, 6.45) is 0.926. The molecule has 2 rings (SSSR count). The number of nitrogens with one attached hydrogen (secondary N) is 1. The number of aliphatic carboxylic acids is 1. The van der Waals surface area contributed by atoms with Gasteiger partial charge in [-0.2, -0.15) is 0 Å². The molecule has 0 saturated carbocycles. The Morgan fingerprint density at radius 3 is 2.95 bits per heavy atom. The van der Waals surface area contributed by atoms with Gasteiger partial charge in [-0.05, 0) is 24.6 Å². The van der Waals surface area contributed by atoms with Crippen LogP contribution in [0.15, 0.2) is 24.3 Å². The number of hydrogen-bond donors (Lipinski definition) is 2. The zero-order valence-corrected chi connectivity index (χ0v) is 11.9. The van der Waals surface area contributed by atoms with Gasteiger partial charge in [-0.25, -0.2) is 4.79 Å². The molecule has 21 heavy (non-hydrogen) atoms. The van der Waals surface area contributed by atoms with Crippen LogP contribution >= 0.6 is 0 Å². The molecule has 0 spiro atoms. The molecule has 2 N–H and O–H groups in total. The zero-order valence-electron chi connectivity index (χ0n) is 11.9. The van der Waals surface area contributed by atoms with Gasteiger partial charge in [-0.3, -0.25) is 4.79 Å². The van der Waals surface area contributed by atoms with Crippen molar-refractivity contribution in [1.82, 2.24) is 5.32 Å². The van der Waals surface area contributed by atoms with Gasteiger partial charge >= 0.3 is 5.97 Å². The largest absolute Gasteiger partial charge is 0.482 e. The van der Waals surface area contributed by atoms with Crippen LogP contribution in [0.5, 0.6) is 5.75 Å². The lowest BCUT2D eigenvalue weighted by Gasteiger charge is -2.21. The summed E-state index contributed by atoms with van der Waals surface area (Å²) in [6.45, 7) is 3.57. The Kier molecular flexibility index (Phi) is 4.80. The Hall–Kier alpha value is -2.08. The van der Waals surface area contributed by atoms with E-state index in [4.69, 9.17) is 14.6 Å². The highest BCUT2D eigenvalue weighted by Gasteiger charge is 2.30. The number of benzene rings is 1. The molecule has 0 aliphatic carbocycles. The van der Waals surface area contributed by atoms with E-state index in [0.717, 1.165) is 13.0 Å². The fraction of sp³-hybridized carbons (Fsp3) is 0.467. The minimum Gasteiger partial charge on any atom is -0.482 e. The summed E-state index contributed by atoms with van der Waals surface area (Å²) < 4.78 is 10.4. The lowest BCUT2D eigenvalue weighted by molar-refractivity contribution is -0.139. The molecule has 1 aliphatic heterocycles. The predicted molar refractivity (Wildman–Crippen MR) is 75.4 cm³/mol. The third-order valence-corrected chi connectivity index (χ3v) is 3.43. The van der Waals surface area contributed by atoms with E-state index in [1.807, 2.05) is 0 Å². The number of carbonyl (C=O) groups is 2. The number of ether oxygens (including phenoxy) is 2. The summed E-state index contributed by atoms with van der Waals surface area (Å²) >= 11 is 0. The monoisotopic (exact) mass is 293 g/mol. The molecule has 1 saturated heterocycles. The quantitative estimate of drug-likeness (QED) is 0.826. The van der Waals surface area contributed by atoms with Crippen LogP contribution < -0.4 is 10.1 Å². The summed E-state index contributed by atoms with van der Waals surface area (Å²) in [5.74, 6) is -0.900. The van der Waals surface area contributed by atoms with Crippen LogP contribution in [0.25, 0.3) is 0 Å². The SMILES string of the molecule is CC1(CNC(=O)c2cccc(OCC(=O)O)c2)CCOC1. The van der Waals surface area contributed by atoms with E-state index in [-0.39, 0.29) is 11.3 Å². The first-order chi connectivity index (χ1) is 9.98. The van der Waals surface area contributed by atoms with Gasteiger partial charge in [-0.1, -0.05) is 13.0 Å². The molecule has 1 aromatic rings. The number of hydrogen-bond acceptors (Lipinski definition) is 4. The molecule has 114 valence electrons. The van der Waals surface area contributed by atoms with E-state index in [9.17, 15) is 9.59 Å². The molecule has 0 bridgehead atoms. The predicted octanol–water partition coefficient (Wildman–Crippen LogP) is 1.31. The van der Waals surface area contributed by atoms with Gasteiger partial charge in [0.1, 0.15) is 5.75 Å². The van der Waals surface area contributed by atoms with E-state index < -0.39 is 12.6 Å². The molecule has 1 aliphatic rings. The molecular weight excluding hydrogens is 274 g/mol. The smallest absolute Gasteiger partial charge is 0.341 e. The van der Waals surface area contributed by atoms with Crippen molar-refractivity contribution < 1.29 is 24.2 Å². The maximum Gasteiger partial charge on any atom is 0.341 e. The van der Waals surface area contributed by atoms with Crippen molar-refractivity contribution in [2.24, 2.45) is 5.41 Å². The van der Waals surface area contributed by atoms with E-state index in [2.05, 4.69) is 12.2 Å². The Labute approximate surface area is 123 Å². The summed E-state index contributed by atoms with van der Waals surface area (Å²) in [5.41, 5.74) is 0.424. The minimum absolute atomic E-state index is 0.0208. The van der Waals surface area contributed by atoms with Crippen molar-refractivity contribution >= 4 is 11.9 Å². The molecular formula is C15H19NO5. The molecule has 6 nitrogen and oxygen atoms in total. The summed E-state index contributed by atoms with van der Waals surface area (Å²) in [7, 11) is 0. The molecule has 1 amide bonds. The van der Waals surface area contributed by atoms with Crippen LogP contribution in [0.3, 0.4) is 0 Å². The number of carbonyl (C=O) groups excluding carboxylic acids is 1. The summed E-state index contributed by atoms with van der Waals surface area (Å²) in [6, 6.07) is 6.47. The fourth-order valence-electron chi connectivity index (χ4n) is 2.12. The number of rotatable bonds is 6. The lowest BCUT2D eigenvalue weighted by Crippen LogP contribution is -2.36. The second kappa shape index (κ2) is 6.58. The lowest BCUT2D eigenvalue weighted by atomic mass is 9.90. The van der Waals surface area contributed by atoms with E-state index >= 15 is 0 Å². The van der Waals surface area contributed by atoms with Crippen molar-refractivity contribution in [2.75, 3.05) is 26.4 Å². The average molecular weight is 293 g/mol. The number of carboxylic acid groups (broad SMARTS) is 1. The maximum atomic E-state index is 12.1. The highest BCUT2D eigenvalue weighted by Crippen LogP contribution is 2.26. The molecule has 0 aromatic heterocycles. The Bertz CT molecular complexity index is 523. The van der Waals surface area contributed by atoms with E-state index in [0.29, 0.717) is 24.5 Å². The van der Waals surface area contributed by atoms with E-state index in [1.54, 1.807) is 18.2 Å². The van der Waals surface area contributed by atoms with Gasteiger partial charge in [-0.15, -0.1) is 0 Å². The second-order valence-electron chi connectivity index (χ2n) is 5.51. The van der Waals surface area contributed by atoms with Crippen molar-refractivity contribution in [2.45, 2.75) is 13.3 Å². The van der Waals surface area contributed by atoms with Crippen molar-refractivity contribution in [3.05, 3.63) is 29.8 Å². The van der Waals surface area contributed by atoms with Crippen LogP contribution in [-0.4, -0.2) is 43.3 Å². The van der Waals surface area contributed by atoms with Gasteiger partial charge in [0, 0.05) is 24.1 Å². The van der Waals surface area contributed by atoms with Gasteiger partial charge in [0.2, 0.25) is 0 Å². The second-order valence-corrected chi connectivity index (χ2v) is 5.51. The topological polar surface area (TPSA) is 84.9 Å². The van der Waals surface area contributed by atoms with Gasteiger partial charge in [0.25, 0.3) is 5.91 Å². The van der Waals surface area contributed by atoms with Crippen LogP contribution in [0.1, 0.15) is 23.7 Å². The Morgan fingerprint density at radius 2 is 2.29 bits per heavy atom. The Balaban J connectivity index is 1.92. The van der Waals surface area contributed by atoms with Crippen molar-refractivity contribution in [3.8, 4) is 5.75 Å². The van der Waals surface area contributed by atoms with Gasteiger partial charge < -0.3 is 19.9 Å². The van der Waals surface area contributed by atoms with Crippen LogP contribution in [-0.2, 0) is 9.53 Å². The summed E-state index contributed by atoms with van der Waals surface area (Å²) in [5, 5.41) is 11.5. The molecule has 1 atom stereocenters. The Morgan fingerprint density at radius 1 is 1.48 bits per heavy atom. The number of amides is 1. The highest BCUT2D eigenvalue weighted by atomic mass is 16.5. The third kappa shape index (κ3) is 4.46. The third-order valence-electron chi connectivity index (χ3n) is 3.43. The molecule has 1 unspecified atom stereocenters. The number of carboxylic acids is 1. The summed E-state index contributed by atoms with van der Waals surface area (Å²) in [4.78, 5) is 22.6. The molecule has 1 aromatic carbocycles. The first-order valence-corrected chi connectivity index (χ1v) is 6.79. The normalized spacial score (nSPS) is 21.0. The van der Waals surface area contributed by atoms with Crippen LogP contribution in [0.4, 0.5) is 0 Å². The first-order valence-electron chi connectivity index (χ1n) is 6.79. The van der Waals surface area contributed by atoms with Gasteiger partial charge in [0.15, 0.2) is 6.61 Å². The fourth-order valence-corrected chi connectivity index (χ4v) is 2.12. The minimum atomic E-state index is -1.06. The highest BCUT2D eigenvalue weighted by molar-refractivity contribution is 5.94. The van der Waals surface area contributed by atoms with Crippen LogP contribution in [0.2, 0.25) is 0 Å². The maximum absolute atomic E-state index is 12.1. The zero-order chi connectivity index (χ0) is 15.3. The average Bonchev–Trinajstić information content (AvgIpc) is 2.90. The van der Waals surface area contributed by atoms with Crippen molar-refractivity contribution in [3.63, 3.8) is 0 Å². The molecule has 0 radical (unpaired) electrons. The van der Waals surface area contributed by atoms with Crippen LogP contribution in [0, 0.1) is 5.41 Å². The molecule has 1 heterocycles. The molecule has 1 fully saturated rings. The van der Waals surface area contributed by atoms with Crippen molar-refractivity contribution in [1.29, 1.82) is 0 Å². The van der Waals surface area contributed by atoms with Gasteiger partial charge in [0.05, 0.1) is 6.61 Å². The molecule has 6 heteroatoms. The standard InChI is InChI=1S/C15H19NO5/c1-15(5-6-20-10-15)9-16-14(19)11-3-2-4-12(7-11)21-8-13(17)18/h2-4,7H,5-6,8-10H2,1H3,(H,16,19)(H,17,18). The first kappa shape index (κ1) is 15.3. The van der Waals surface area contributed by atoms with E-state index in [1.165, 1.54) is 6.07 Å².